The summed E-state index contributed by atoms with van der Waals surface area (Å²) in [6, 6.07) is 0. The Bertz CT molecular complexity index is 313. The van der Waals surface area contributed by atoms with Gasteiger partial charge in [0, 0.05) is 0 Å². The van der Waals surface area contributed by atoms with Gasteiger partial charge in [-0.2, -0.15) is 0 Å². The summed E-state index contributed by atoms with van der Waals surface area (Å²) < 4.78 is 14.2. The van der Waals surface area contributed by atoms with Gasteiger partial charge in [-0.3, -0.25) is 0 Å². The quantitative estimate of drug-likeness (QED) is 0.880. The fourth-order valence-electron chi connectivity index (χ4n) is 1.27. The molecule has 72 valence electrons. The van der Waals surface area contributed by atoms with E-state index in [2.05, 4.69) is 20.9 Å². The van der Waals surface area contributed by atoms with Crippen LogP contribution in [-0.2, 0) is 0 Å². The van der Waals surface area contributed by atoms with Gasteiger partial charge in [0.05, 0.1) is 29.7 Å². The Kier molecular flexibility index (Phi) is 2.29. The lowest BCUT2D eigenvalue weighted by Crippen LogP contribution is -2.61. The molecule has 0 spiro atoms. The molecule has 2 rings (SSSR count). The molecule has 1 aromatic heterocycles. The summed E-state index contributed by atoms with van der Waals surface area (Å²) in [5, 5.41) is 9.49. The van der Waals surface area contributed by atoms with E-state index in [0.717, 1.165) is 8.92 Å². The van der Waals surface area contributed by atoms with Crippen molar-refractivity contribution in [2.45, 2.75) is 5.67 Å². The second kappa shape index (κ2) is 3.18. The number of rotatable bonds is 2. The first-order chi connectivity index (χ1) is 6.13. The monoisotopic (exact) mass is 266 g/mol. The molecule has 1 N–H and O–H groups in total. The number of thiazole rings is 1. The Hall–Kier alpha value is -0.200. The minimum absolute atomic E-state index is 0.240. The third-order valence-electron chi connectivity index (χ3n) is 1.97. The van der Waals surface area contributed by atoms with Gasteiger partial charge in [-0.05, 0) is 15.9 Å². The molecule has 0 bridgehead atoms. The molecule has 0 unspecified atom stereocenters. The fourth-order valence-corrected chi connectivity index (χ4v) is 2.45. The zero-order valence-corrected chi connectivity index (χ0v) is 9.11. The third-order valence-corrected chi connectivity index (χ3v) is 3.50. The topological polar surface area (TPSA) is 36.4 Å². The fraction of sp³-hybridized carbons (Fsp3) is 0.571. The predicted molar refractivity (Wildman–Crippen MR) is 53.0 cm³/mol. The first-order valence-corrected chi connectivity index (χ1v) is 5.40. The van der Waals surface area contributed by atoms with Crippen molar-refractivity contribution in [1.29, 1.82) is 0 Å². The second-order valence-electron chi connectivity index (χ2n) is 3.11. The molecule has 1 aliphatic heterocycles. The molecule has 2 heterocycles. The van der Waals surface area contributed by atoms with E-state index in [-0.39, 0.29) is 13.1 Å². The van der Waals surface area contributed by atoms with Crippen LogP contribution in [0.1, 0.15) is 0 Å². The van der Waals surface area contributed by atoms with E-state index in [1.165, 1.54) is 11.3 Å². The Morgan fingerprint density at radius 3 is 2.92 bits per heavy atom. The van der Waals surface area contributed by atoms with Gasteiger partial charge in [0.1, 0.15) is 0 Å². The number of alkyl halides is 1. The number of aromatic nitrogens is 1. The van der Waals surface area contributed by atoms with Crippen LogP contribution in [0.4, 0.5) is 9.52 Å². The van der Waals surface area contributed by atoms with E-state index < -0.39 is 12.3 Å². The number of anilines is 1. The predicted octanol–water partition coefficient (Wildman–Crippen LogP) is 1.43. The van der Waals surface area contributed by atoms with E-state index in [4.69, 9.17) is 5.11 Å². The summed E-state index contributed by atoms with van der Waals surface area (Å²) >= 11 is 4.75. The molecule has 0 atom stereocenters. The van der Waals surface area contributed by atoms with Crippen molar-refractivity contribution < 1.29 is 9.50 Å². The van der Waals surface area contributed by atoms with Crippen LogP contribution in [-0.4, -0.2) is 35.5 Å². The maximum Gasteiger partial charge on any atom is 0.186 e. The van der Waals surface area contributed by atoms with Crippen molar-refractivity contribution in [1.82, 2.24) is 4.98 Å². The average Bonchev–Trinajstić information content (AvgIpc) is 2.46. The van der Waals surface area contributed by atoms with E-state index in [1.54, 1.807) is 6.20 Å². The number of nitrogens with zero attached hydrogens (tertiary/aromatic N) is 2. The summed E-state index contributed by atoms with van der Waals surface area (Å²) in [7, 11) is 0. The van der Waals surface area contributed by atoms with E-state index in [1.807, 2.05) is 4.90 Å². The zero-order chi connectivity index (χ0) is 9.47. The number of hydrogen-bond acceptors (Lipinski definition) is 4. The van der Waals surface area contributed by atoms with Crippen LogP contribution >= 0.6 is 27.3 Å². The van der Waals surface area contributed by atoms with Crippen LogP contribution in [0.2, 0.25) is 0 Å². The van der Waals surface area contributed by atoms with Crippen LogP contribution in [0, 0.1) is 0 Å². The maximum atomic E-state index is 13.3. The molecule has 1 aromatic rings. The van der Waals surface area contributed by atoms with Crippen LogP contribution in [0.25, 0.3) is 0 Å². The van der Waals surface area contributed by atoms with Crippen LogP contribution < -0.4 is 4.90 Å². The highest BCUT2D eigenvalue weighted by Crippen LogP contribution is 2.34. The summed E-state index contributed by atoms with van der Waals surface area (Å²) in [5.41, 5.74) is -1.42. The van der Waals surface area contributed by atoms with Gasteiger partial charge in [-0.25, -0.2) is 9.37 Å². The van der Waals surface area contributed by atoms with E-state index in [9.17, 15) is 4.39 Å². The third kappa shape index (κ3) is 1.70. The molecular weight excluding hydrogens is 259 g/mol. The summed E-state index contributed by atoms with van der Waals surface area (Å²) in [5.74, 6) is 0. The number of aliphatic hydroxyl groups is 1. The molecule has 0 radical (unpaired) electrons. The van der Waals surface area contributed by atoms with Crippen LogP contribution in [0.5, 0.6) is 0 Å². The Morgan fingerprint density at radius 2 is 2.46 bits per heavy atom. The molecule has 6 heteroatoms. The Balaban J connectivity index is 2.01. The lowest BCUT2D eigenvalue weighted by Gasteiger charge is -2.43. The van der Waals surface area contributed by atoms with E-state index >= 15 is 0 Å². The highest BCUT2D eigenvalue weighted by Gasteiger charge is 2.44. The van der Waals surface area contributed by atoms with Crippen molar-refractivity contribution in [2.75, 3.05) is 24.6 Å². The van der Waals surface area contributed by atoms with Crippen molar-refractivity contribution in [3.63, 3.8) is 0 Å². The molecule has 3 nitrogen and oxygen atoms in total. The molecule has 13 heavy (non-hydrogen) atoms. The lowest BCUT2D eigenvalue weighted by atomic mass is 9.99. The molecule has 0 aromatic carbocycles. The van der Waals surface area contributed by atoms with Crippen molar-refractivity contribution >= 4 is 32.4 Å². The first kappa shape index (κ1) is 9.36. The molecule has 1 fully saturated rings. The number of halogens is 2. The average molecular weight is 267 g/mol. The van der Waals surface area contributed by atoms with Gasteiger partial charge >= 0.3 is 0 Å². The Labute approximate surface area is 87.3 Å². The summed E-state index contributed by atoms with van der Waals surface area (Å²) in [4.78, 5) is 5.90. The molecule has 0 saturated carbocycles. The summed E-state index contributed by atoms with van der Waals surface area (Å²) in [6.07, 6.45) is 1.69. The zero-order valence-electron chi connectivity index (χ0n) is 6.70. The van der Waals surface area contributed by atoms with Crippen molar-refractivity contribution in [3.05, 3.63) is 9.98 Å². The van der Waals surface area contributed by atoms with Gasteiger partial charge in [0.15, 0.2) is 10.8 Å². The van der Waals surface area contributed by atoms with Gasteiger partial charge in [0.2, 0.25) is 0 Å². The first-order valence-electron chi connectivity index (χ1n) is 3.79. The largest absolute Gasteiger partial charge is 0.393 e. The smallest absolute Gasteiger partial charge is 0.186 e. The van der Waals surface area contributed by atoms with Gasteiger partial charge in [-0.15, -0.1) is 0 Å². The van der Waals surface area contributed by atoms with Crippen LogP contribution in [0.15, 0.2) is 9.98 Å². The molecule has 1 saturated heterocycles. The van der Waals surface area contributed by atoms with E-state index in [0.29, 0.717) is 0 Å². The maximum absolute atomic E-state index is 13.3. The lowest BCUT2D eigenvalue weighted by molar-refractivity contribution is 0.0444. The Morgan fingerprint density at radius 1 is 1.77 bits per heavy atom. The molecule has 0 aliphatic carbocycles. The van der Waals surface area contributed by atoms with Crippen molar-refractivity contribution in [3.8, 4) is 0 Å². The number of hydrogen-bond donors (Lipinski definition) is 1. The molecular formula is C7H8BrFN2OS. The van der Waals surface area contributed by atoms with Gasteiger partial charge in [0.25, 0.3) is 0 Å². The van der Waals surface area contributed by atoms with Crippen molar-refractivity contribution in [2.24, 2.45) is 0 Å². The second-order valence-corrected chi connectivity index (χ2v) is 5.50. The SMILES string of the molecule is OCC1(F)CN(c2ncc(Br)s2)C1. The molecule has 0 amide bonds. The normalized spacial score (nSPS) is 20.1. The minimum atomic E-state index is -1.42. The molecule has 1 aliphatic rings. The van der Waals surface area contributed by atoms with Gasteiger partial charge in [-0.1, -0.05) is 11.3 Å². The van der Waals surface area contributed by atoms with Gasteiger partial charge < -0.3 is 10.0 Å². The number of aliphatic hydroxyl groups excluding tert-OH is 1. The minimum Gasteiger partial charge on any atom is -0.393 e. The standard InChI is InChI=1S/C7H8BrFN2OS/c8-5-1-10-6(13-5)11-2-7(9,3-11)4-12/h1,12H,2-4H2. The highest BCUT2D eigenvalue weighted by molar-refractivity contribution is 9.11. The highest BCUT2D eigenvalue weighted by atomic mass is 79.9. The summed E-state index contributed by atoms with van der Waals surface area (Å²) in [6.45, 7) is 0.0724. The van der Waals surface area contributed by atoms with Crippen LogP contribution in [0.3, 0.4) is 0 Å².